The van der Waals surface area contributed by atoms with Crippen LogP contribution in [0, 0.1) is 12.8 Å². The van der Waals surface area contributed by atoms with Gasteiger partial charge >= 0.3 is 5.97 Å². The Morgan fingerprint density at radius 2 is 2.00 bits per heavy atom. The third kappa shape index (κ3) is 9.38. The lowest BCUT2D eigenvalue weighted by molar-refractivity contribution is -0.142. The molecule has 77 valence electrons. The second-order valence-corrected chi connectivity index (χ2v) is 3.71. The highest BCUT2D eigenvalue weighted by Crippen LogP contribution is 2.09. The van der Waals surface area contributed by atoms with E-state index in [2.05, 4.69) is 20.8 Å². The quantitative estimate of drug-likeness (QED) is 0.450. The fourth-order valence-electron chi connectivity index (χ4n) is 1.18. The van der Waals surface area contributed by atoms with Gasteiger partial charge in [-0.2, -0.15) is 0 Å². The van der Waals surface area contributed by atoms with Gasteiger partial charge in [0.1, 0.15) is 0 Å². The van der Waals surface area contributed by atoms with Gasteiger partial charge in [-0.05, 0) is 19.3 Å². The molecule has 0 atom stereocenters. The molecule has 2 heteroatoms. The van der Waals surface area contributed by atoms with Gasteiger partial charge in [-0.3, -0.25) is 4.79 Å². The molecule has 13 heavy (non-hydrogen) atoms. The largest absolute Gasteiger partial charge is 0.466 e. The van der Waals surface area contributed by atoms with Crippen LogP contribution in [-0.4, -0.2) is 12.6 Å². The average Bonchev–Trinajstić information content (AvgIpc) is 2.03. The molecule has 0 unspecified atom stereocenters. The Kier molecular flexibility index (Phi) is 7.76. The lowest BCUT2D eigenvalue weighted by Gasteiger charge is -2.04. The fourth-order valence-corrected chi connectivity index (χ4v) is 1.18. The van der Waals surface area contributed by atoms with E-state index in [0.717, 1.165) is 18.8 Å². The van der Waals surface area contributed by atoms with Crippen LogP contribution in [0.5, 0.6) is 0 Å². The number of carbonyl (C=O) groups excluding carboxylic acids is 1. The van der Waals surface area contributed by atoms with E-state index in [1.165, 1.54) is 12.8 Å². The summed E-state index contributed by atoms with van der Waals surface area (Å²) in [5, 5.41) is 0. The highest BCUT2D eigenvalue weighted by Gasteiger charge is 2.00. The molecule has 2 nitrogen and oxygen atoms in total. The Morgan fingerprint density at radius 3 is 2.54 bits per heavy atom. The van der Waals surface area contributed by atoms with Gasteiger partial charge < -0.3 is 4.74 Å². The summed E-state index contributed by atoms with van der Waals surface area (Å²) in [5.41, 5.74) is 0. The Hall–Kier alpha value is -0.530. The number of hydrogen-bond donors (Lipinski definition) is 0. The molecule has 0 bridgehead atoms. The monoisotopic (exact) mass is 185 g/mol. The molecule has 0 rings (SSSR count). The molecular weight excluding hydrogens is 164 g/mol. The number of hydrogen-bond acceptors (Lipinski definition) is 2. The van der Waals surface area contributed by atoms with Crippen LogP contribution in [-0.2, 0) is 9.53 Å². The predicted molar refractivity (Wildman–Crippen MR) is 54.2 cm³/mol. The van der Waals surface area contributed by atoms with Crippen LogP contribution in [0.15, 0.2) is 0 Å². The molecule has 0 aliphatic rings. The zero-order valence-corrected chi connectivity index (χ0v) is 8.84. The molecule has 0 aromatic carbocycles. The normalized spacial score (nSPS) is 10.5. The molecule has 0 amide bonds. The smallest absolute Gasteiger partial charge is 0.305 e. The van der Waals surface area contributed by atoms with Gasteiger partial charge in [-0.1, -0.05) is 33.1 Å². The van der Waals surface area contributed by atoms with Crippen LogP contribution in [0.4, 0.5) is 0 Å². The molecule has 0 saturated carbocycles. The van der Waals surface area contributed by atoms with Gasteiger partial charge in [-0.15, -0.1) is 0 Å². The molecule has 0 aromatic heterocycles. The van der Waals surface area contributed by atoms with Crippen LogP contribution in [0.25, 0.3) is 0 Å². The minimum Gasteiger partial charge on any atom is -0.466 e. The van der Waals surface area contributed by atoms with Crippen molar-refractivity contribution < 1.29 is 9.53 Å². The number of unbranched alkanes of at least 4 members (excludes halogenated alkanes) is 2. The molecular formula is C11H21O2. The third-order valence-electron chi connectivity index (χ3n) is 1.93. The topological polar surface area (TPSA) is 26.3 Å². The van der Waals surface area contributed by atoms with Crippen molar-refractivity contribution in [3.8, 4) is 0 Å². The minimum absolute atomic E-state index is 0.112. The summed E-state index contributed by atoms with van der Waals surface area (Å²) in [6.45, 7) is 8.14. The summed E-state index contributed by atoms with van der Waals surface area (Å²) < 4.78 is 4.72. The third-order valence-corrected chi connectivity index (χ3v) is 1.93. The second kappa shape index (κ2) is 8.09. The van der Waals surface area contributed by atoms with Crippen LogP contribution in [0.1, 0.15) is 46.0 Å². The predicted octanol–water partition coefficient (Wildman–Crippen LogP) is 2.97. The van der Waals surface area contributed by atoms with Crippen molar-refractivity contribution in [1.82, 2.24) is 0 Å². The van der Waals surface area contributed by atoms with E-state index in [1.807, 2.05) is 0 Å². The van der Waals surface area contributed by atoms with Gasteiger partial charge in [0.15, 0.2) is 0 Å². The van der Waals surface area contributed by atoms with Crippen molar-refractivity contribution in [2.45, 2.75) is 46.0 Å². The maximum absolute atomic E-state index is 10.9. The van der Waals surface area contributed by atoms with Crippen LogP contribution in [0.3, 0.4) is 0 Å². The molecule has 0 fully saturated rings. The summed E-state index contributed by atoms with van der Waals surface area (Å²) in [7, 11) is 0. The maximum Gasteiger partial charge on any atom is 0.305 e. The second-order valence-electron chi connectivity index (χ2n) is 3.71. The summed E-state index contributed by atoms with van der Waals surface area (Å²) in [6, 6.07) is 0. The minimum atomic E-state index is -0.112. The lowest BCUT2D eigenvalue weighted by Crippen LogP contribution is -2.03. The van der Waals surface area contributed by atoms with E-state index in [9.17, 15) is 4.79 Å². The molecule has 0 spiro atoms. The molecule has 0 aliphatic heterocycles. The SMILES string of the molecule is [CH2]COC(=O)CCCCCC(C)C. The average molecular weight is 185 g/mol. The van der Waals surface area contributed by atoms with Gasteiger partial charge in [-0.25, -0.2) is 0 Å². The summed E-state index contributed by atoms with van der Waals surface area (Å²) in [6.07, 6.45) is 5.10. The highest BCUT2D eigenvalue weighted by molar-refractivity contribution is 5.69. The van der Waals surface area contributed by atoms with Gasteiger partial charge in [0.2, 0.25) is 0 Å². The van der Waals surface area contributed by atoms with Gasteiger partial charge in [0, 0.05) is 6.42 Å². The van der Waals surface area contributed by atoms with Crippen molar-refractivity contribution >= 4 is 5.97 Å². The molecule has 0 aliphatic carbocycles. The highest BCUT2D eigenvalue weighted by atomic mass is 16.5. The Labute approximate surface area is 81.7 Å². The summed E-state index contributed by atoms with van der Waals surface area (Å²) in [5.74, 6) is 0.659. The summed E-state index contributed by atoms with van der Waals surface area (Å²) >= 11 is 0. The number of carbonyl (C=O) groups is 1. The van der Waals surface area contributed by atoms with Crippen LogP contribution < -0.4 is 0 Å². The number of esters is 1. The Balaban J connectivity index is 3.11. The molecule has 0 N–H and O–H groups in total. The van der Waals surface area contributed by atoms with E-state index in [4.69, 9.17) is 4.74 Å². The first-order valence-electron chi connectivity index (χ1n) is 5.11. The van der Waals surface area contributed by atoms with Crippen molar-refractivity contribution in [1.29, 1.82) is 0 Å². The zero-order valence-electron chi connectivity index (χ0n) is 8.84. The van der Waals surface area contributed by atoms with Crippen LogP contribution >= 0.6 is 0 Å². The van der Waals surface area contributed by atoms with Crippen molar-refractivity contribution in [2.75, 3.05) is 6.61 Å². The molecule has 0 heterocycles. The van der Waals surface area contributed by atoms with Crippen molar-refractivity contribution in [2.24, 2.45) is 5.92 Å². The van der Waals surface area contributed by atoms with E-state index < -0.39 is 0 Å². The molecule has 0 saturated heterocycles. The van der Waals surface area contributed by atoms with Crippen LogP contribution in [0.2, 0.25) is 0 Å². The van der Waals surface area contributed by atoms with E-state index in [1.54, 1.807) is 0 Å². The van der Waals surface area contributed by atoms with E-state index >= 15 is 0 Å². The molecule has 0 aromatic rings. The number of rotatable bonds is 7. The first-order chi connectivity index (χ1) is 6.16. The van der Waals surface area contributed by atoms with E-state index in [0.29, 0.717) is 6.42 Å². The Morgan fingerprint density at radius 1 is 1.31 bits per heavy atom. The standard InChI is InChI=1S/C11H21O2/c1-4-13-11(12)9-7-5-6-8-10(2)3/h10H,1,4-9H2,2-3H3. The zero-order chi connectivity index (χ0) is 10.1. The Bertz CT molecular complexity index is 130. The first-order valence-corrected chi connectivity index (χ1v) is 5.11. The summed E-state index contributed by atoms with van der Waals surface area (Å²) in [4.78, 5) is 10.9. The first kappa shape index (κ1) is 12.5. The van der Waals surface area contributed by atoms with Crippen molar-refractivity contribution in [3.05, 3.63) is 6.92 Å². The van der Waals surface area contributed by atoms with Gasteiger partial charge in [0.05, 0.1) is 6.61 Å². The van der Waals surface area contributed by atoms with E-state index in [-0.39, 0.29) is 12.6 Å². The fraction of sp³-hybridized carbons (Fsp3) is 0.818. The lowest BCUT2D eigenvalue weighted by atomic mass is 10.0. The van der Waals surface area contributed by atoms with Crippen molar-refractivity contribution in [3.63, 3.8) is 0 Å². The van der Waals surface area contributed by atoms with Gasteiger partial charge in [0.25, 0.3) is 0 Å². The maximum atomic E-state index is 10.9. The molecule has 1 radical (unpaired) electrons. The number of ether oxygens (including phenoxy) is 1.